The Morgan fingerprint density at radius 2 is 1.70 bits per heavy atom. The average Bonchev–Trinajstić information content (AvgIpc) is 3.16. The molecule has 1 heterocycles. The monoisotopic (exact) mass is 405 g/mol. The average molecular weight is 405 g/mol. The van der Waals surface area contributed by atoms with Gasteiger partial charge in [-0.1, -0.05) is 6.07 Å². The molecule has 0 aliphatic carbocycles. The van der Waals surface area contributed by atoms with Crippen molar-refractivity contribution in [2.75, 3.05) is 5.32 Å². The summed E-state index contributed by atoms with van der Waals surface area (Å²) in [6.45, 7) is 3.26. The molecule has 2 amide bonds. The number of rotatable bonds is 6. The molecule has 0 saturated carbocycles. The van der Waals surface area contributed by atoms with Crippen molar-refractivity contribution in [3.8, 4) is 11.3 Å². The lowest BCUT2D eigenvalue weighted by atomic mass is 10.0. The number of hydrazone groups is 1. The zero-order valence-corrected chi connectivity index (χ0v) is 16.3. The Labute approximate surface area is 172 Å². The zero-order chi connectivity index (χ0) is 21.7. The number of carboxylic acids is 1. The van der Waals surface area contributed by atoms with Crippen LogP contribution in [-0.2, 0) is 4.79 Å². The van der Waals surface area contributed by atoms with Crippen LogP contribution in [0.3, 0.4) is 0 Å². The van der Waals surface area contributed by atoms with Gasteiger partial charge in [0.25, 0.3) is 5.91 Å². The normalized spacial score (nSPS) is 10.7. The SMILES string of the molecule is CC(=O)Nc1ccc(C(=O)N/N=C\c2ccc(-c3cc(C(=O)O)ccc3C)o2)cc1. The van der Waals surface area contributed by atoms with Gasteiger partial charge in [-0.15, -0.1) is 0 Å². The first-order valence-electron chi connectivity index (χ1n) is 8.98. The molecule has 152 valence electrons. The van der Waals surface area contributed by atoms with E-state index in [1.54, 1.807) is 48.5 Å². The molecule has 8 nitrogen and oxygen atoms in total. The Kier molecular flexibility index (Phi) is 6.07. The highest BCUT2D eigenvalue weighted by Gasteiger charge is 2.11. The van der Waals surface area contributed by atoms with Gasteiger partial charge in [0.1, 0.15) is 11.5 Å². The molecular formula is C22H19N3O5. The van der Waals surface area contributed by atoms with Crippen LogP contribution in [0.2, 0.25) is 0 Å². The number of amides is 2. The lowest BCUT2D eigenvalue weighted by Crippen LogP contribution is -2.17. The standard InChI is InChI=1S/C22H19N3O5/c1-13-3-4-16(22(28)29)11-19(13)20-10-9-18(30-20)12-23-25-21(27)15-5-7-17(8-6-15)24-14(2)26/h3-12H,1-2H3,(H,24,26)(H,25,27)(H,28,29)/b23-12-. The molecule has 0 bridgehead atoms. The highest BCUT2D eigenvalue weighted by atomic mass is 16.4. The van der Waals surface area contributed by atoms with E-state index in [9.17, 15) is 14.4 Å². The van der Waals surface area contributed by atoms with Gasteiger partial charge in [0.2, 0.25) is 5.91 Å². The van der Waals surface area contributed by atoms with Gasteiger partial charge in [-0.05, 0) is 61.0 Å². The van der Waals surface area contributed by atoms with Gasteiger partial charge in [-0.2, -0.15) is 5.10 Å². The minimum absolute atomic E-state index is 0.166. The highest BCUT2D eigenvalue weighted by Crippen LogP contribution is 2.26. The van der Waals surface area contributed by atoms with E-state index in [1.807, 2.05) is 6.92 Å². The fourth-order valence-electron chi connectivity index (χ4n) is 2.71. The number of benzene rings is 2. The molecule has 0 aliphatic rings. The Morgan fingerprint density at radius 1 is 1.00 bits per heavy atom. The quantitative estimate of drug-likeness (QED) is 0.427. The van der Waals surface area contributed by atoms with E-state index < -0.39 is 11.9 Å². The van der Waals surface area contributed by atoms with Crippen LogP contribution in [0.4, 0.5) is 5.69 Å². The summed E-state index contributed by atoms with van der Waals surface area (Å²) in [5, 5.41) is 15.7. The highest BCUT2D eigenvalue weighted by molar-refractivity contribution is 5.96. The van der Waals surface area contributed by atoms with Crippen LogP contribution in [0.5, 0.6) is 0 Å². The minimum Gasteiger partial charge on any atom is -0.478 e. The number of furan rings is 1. The maximum absolute atomic E-state index is 12.1. The van der Waals surface area contributed by atoms with Gasteiger partial charge in [-0.25, -0.2) is 10.2 Å². The molecule has 0 saturated heterocycles. The summed E-state index contributed by atoms with van der Waals surface area (Å²) in [6, 6.07) is 14.5. The van der Waals surface area contributed by atoms with Gasteiger partial charge >= 0.3 is 5.97 Å². The molecule has 1 aromatic heterocycles. The predicted molar refractivity (Wildman–Crippen MR) is 112 cm³/mol. The molecule has 0 atom stereocenters. The van der Waals surface area contributed by atoms with Crippen molar-refractivity contribution in [1.82, 2.24) is 5.43 Å². The molecule has 30 heavy (non-hydrogen) atoms. The number of aryl methyl sites for hydroxylation is 1. The van der Waals surface area contributed by atoms with E-state index in [4.69, 9.17) is 9.52 Å². The summed E-state index contributed by atoms with van der Waals surface area (Å²) in [4.78, 5) is 34.3. The van der Waals surface area contributed by atoms with E-state index in [0.29, 0.717) is 28.3 Å². The number of carboxylic acid groups (broad SMARTS) is 1. The first-order chi connectivity index (χ1) is 14.3. The van der Waals surface area contributed by atoms with Crippen molar-refractivity contribution in [2.45, 2.75) is 13.8 Å². The molecule has 0 unspecified atom stereocenters. The molecule has 0 fully saturated rings. The molecule has 0 aliphatic heterocycles. The molecule has 8 heteroatoms. The van der Waals surface area contributed by atoms with Crippen LogP contribution in [0.1, 0.15) is 39.0 Å². The largest absolute Gasteiger partial charge is 0.478 e. The van der Waals surface area contributed by atoms with Crippen molar-refractivity contribution in [1.29, 1.82) is 0 Å². The summed E-state index contributed by atoms with van der Waals surface area (Å²) in [5.41, 5.74) is 5.07. The molecule has 3 N–H and O–H groups in total. The first-order valence-corrected chi connectivity index (χ1v) is 8.98. The van der Waals surface area contributed by atoms with Crippen molar-refractivity contribution in [3.05, 3.63) is 77.0 Å². The van der Waals surface area contributed by atoms with E-state index in [2.05, 4.69) is 15.8 Å². The topological polar surface area (TPSA) is 121 Å². The fraction of sp³-hybridized carbons (Fsp3) is 0.0909. The van der Waals surface area contributed by atoms with Gasteiger partial charge in [0, 0.05) is 23.7 Å². The van der Waals surface area contributed by atoms with Gasteiger partial charge in [0.15, 0.2) is 0 Å². The second-order valence-corrected chi connectivity index (χ2v) is 6.49. The Morgan fingerprint density at radius 3 is 2.37 bits per heavy atom. The Hall–Kier alpha value is -4.20. The number of hydrogen-bond acceptors (Lipinski definition) is 5. The molecule has 0 spiro atoms. The Balaban J connectivity index is 1.66. The molecule has 3 rings (SSSR count). The third-order valence-electron chi connectivity index (χ3n) is 4.20. The van der Waals surface area contributed by atoms with Crippen molar-refractivity contribution in [3.63, 3.8) is 0 Å². The van der Waals surface area contributed by atoms with Crippen molar-refractivity contribution >= 4 is 29.7 Å². The summed E-state index contributed by atoms with van der Waals surface area (Å²) in [6.07, 6.45) is 1.35. The summed E-state index contributed by atoms with van der Waals surface area (Å²) in [7, 11) is 0. The summed E-state index contributed by atoms with van der Waals surface area (Å²) >= 11 is 0. The zero-order valence-electron chi connectivity index (χ0n) is 16.3. The van der Waals surface area contributed by atoms with Crippen LogP contribution in [0.15, 0.2) is 64.1 Å². The third-order valence-corrected chi connectivity index (χ3v) is 4.20. The number of nitrogens with one attached hydrogen (secondary N) is 2. The molecular weight excluding hydrogens is 386 g/mol. The van der Waals surface area contributed by atoms with Crippen molar-refractivity contribution in [2.24, 2.45) is 5.10 Å². The van der Waals surface area contributed by atoms with Crippen LogP contribution in [-0.4, -0.2) is 29.1 Å². The van der Waals surface area contributed by atoms with E-state index in [1.165, 1.54) is 19.2 Å². The molecule has 2 aromatic carbocycles. The first kappa shape index (κ1) is 20.5. The number of anilines is 1. The number of carbonyl (C=O) groups is 3. The minimum atomic E-state index is -1.02. The van der Waals surface area contributed by atoms with Gasteiger partial charge in [0.05, 0.1) is 11.8 Å². The predicted octanol–water partition coefficient (Wildman–Crippen LogP) is 3.68. The number of hydrogen-bond donors (Lipinski definition) is 3. The fourth-order valence-corrected chi connectivity index (χ4v) is 2.71. The second kappa shape index (κ2) is 8.87. The van der Waals surface area contributed by atoms with E-state index >= 15 is 0 Å². The number of aromatic carboxylic acids is 1. The maximum atomic E-state index is 12.1. The van der Waals surface area contributed by atoms with Gasteiger partial charge < -0.3 is 14.8 Å². The van der Waals surface area contributed by atoms with E-state index in [-0.39, 0.29) is 11.5 Å². The summed E-state index contributed by atoms with van der Waals surface area (Å²) < 4.78 is 5.69. The molecule has 3 aromatic rings. The number of nitrogens with zero attached hydrogens (tertiary/aromatic N) is 1. The smallest absolute Gasteiger partial charge is 0.335 e. The van der Waals surface area contributed by atoms with Crippen molar-refractivity contribution < 1.29 is 23.9 Å². The summed E-state index contributed by atoms with van der Waals surface area (Å²) in [5.74, 6) is -0.738. The third kappa shape index (κ3) is 4.99. The lowest BCUT2D eigenvalue weighted by molar-refractivity contribution is -0.114. The Bertz CT molecular complexity index is 1130. The van der Waals surface area contributed by atoms with E-state index in [0.717, 1.165) is 5.56 Å². The van der Waals surface area contributed by atoms with Crippen LogP contribution in [0, 0.1) is 6.92 Å². The van der Waals surface area contributed by atoms with Crippen LogP contribution >= 0.6 is 0 Å². The maximum Gasteiger partial charge on any atom is 0.335 e. The van der Waals surface area contributed by atoms with Gasteiger partial charge in [-0.3, -0.25) is 9.59 Å². The van der Waals surface area contributed by atoms with Crippen LogP contribution < -0.4 is 10.7 Å². The number of carbonyl (C=O) groups excluding carboxylic acids is 2. The second-order valence-electron chi connectivity index (χ2n) is 6.49. The molecule has 0 radical (unpaired) electrons. The lowest BCUT2D eigenvalue weighted by Gasteiger charge is -2.04. The van der Waals surface area contributed by atoms with Crippen LogP contribution in [0.25, 0.3) is 11.3 Å².